The maximum absolute atomic E-state index is 12.4. The second-order valence-electron chi connectivity index (χ2n) is 5.23. The van der Waals surface area contributed by atoms with Crippen molar-refractivity contribution in [1.29, 1.82) is 0 Å². The Hall–Kier alpha value is -1.86. The molecule has 0 aliphatic carbocycles. The number of hydrogen-bond acceptors (Lipinski definition) is 4. The minimum absolute atomic E-state index is 0.0930. The van der Waals surface area contributed by atoms with Gasteiger partial charge in [-0.3, -0.25) is 9.89 Å². The molecule has 1 unspecified atom stereocenters. The van der Waals surface area contributed by atoms with Crippen LogP contribution in [0.4, 0.5) is 0 Å². The van der Waals surface area contributed by atoms with E-state index in [1.807, 2.05) is 0 Å². The average molecular weight is 324 g/mol. The maximum Gasteiger partial charge on any atom is 0.270 e. The predicted molar refractivity (Wildman–Crippen MR) is 80.8 cm³/mol. The molecule has 0 saturated carbocycles. The third kappa shape index (κ3) is 3.15. The molecule has 0 aromatic carbocycles. The van der Waals surface area contributed by atoms with Crippen molar-refractivity contribution in [3.63, 3.8) is 0 Å². The van der Waals surface area contributed by atoms with Crippen molar-refractivity contribution >= 4 is 17.5 Å². The number of carbonyl (C=O) groups excluding carboxylic acids is 1. The summed E-state index contributed by atoms with van der Waals surface area (Å²) >= 11 is 5.85. The van der Waals surface area contributed by atoms with Crippen LogP contribution in [0.25, 0.3) is 0 Å². The monoisotopic (exact) mass is 323 g/mol. The molecule has 0 spiro atoms. The number of carbonyl (C=O) groups is 1. The van der Waals surface area contributed by atoms with E-state index in [1.165, 1.54) is 0 Å². The molecule has 0 radical (unpaired) electrons. The molecule has 3 heterocycles. The Morgan fingerprint density at radius 2 is 2.45 bits per heavy atom. The van der Waals surface area contributed by atoms with Crippen LogP contribution in [-0.4, -0.2) is 50.7 Å². The summed E-state index contributed by atoms with van der Waals surface area (Å²) < 4.78 is 5.70. The average Bonchev–Trinajstić information content (AvgIpc) is 3.16. The van der Waals surface area contributed by atoms with E-state index in [2.05, 4.69) is 27.1 Å². The molecule has 8 heteroatoms. The summed E-state index contributed by atoms with van der Waals surface area (Å²) in [5.41, 5.74) is 0.479. The molecule has 118 valence electrons. The summed E-state index contributed by atoms with van der Waals surface area (Å²) in [4.78, 5) is 21.5. The molecular weight excluding hydrogens is 306 g/mol. The van der Waals surface area contributed by atoms with Crippen LogP contribution in [-0.2, 0) is 11.2 Å². The zero-order valence-electron chi connectivity index (χ0n) is 12.3. The van der Waals surface area contributed by atoms with Crippen molar-refractivity contribution in [3.05, 3.63) is 34.6 Å². The normalized spacial score (nSPS) is 18.6. The van der Waals surface area contributed by atoms with Gasteiger partial charge >= 0.3 is 0 Å². The van der Waals surface area contributed by atoms with Crippen LogP contribution in [0.2, 0.25) is 5.02 Å². The summed E-state index contributed by atoms with van der Waals surface area (Å²) in [6, 6.07) is 1.63. The number of nitrogens with one attached hydrogen (secondary N) is 2. The molecule has 7 nitrogen and oxygen atoms in total. The molecule has 2 aromatic heterocycles. The number of amides is 1. The first-order valence-electron chi connectivity index (χ1n) is 7.33. The van der Waals surface area contributed by atoms with Crippen LogP contribution < -0.4 is 0 Å². The Kier molecular flexibility index (Phi) is 4.44. The molecule has 1 aliphatic heterocycles. The van der Waals surface area contributed by atoms with Crippen molar-refractivity contribution in [1.82, 2.24) is 25.1 Å². The van der Waals surface area contributed by atoms with E-state index in [0.29, 0.717) is 36.2 Å². The van der Waals surface area contributed by atoms with Crippen molar-refractivity contribution in [2.75, 3.05) is 19.7 Å². The number of rotatable bonds is 4. The highest BCUT2D eigenvalue weighted by Crippen LogP contribution is 2.21. The molecule has 1 atom stereocenters. The highest BCUT2D eigenvalue weighted by atomic mass is 35.5. The second-order valence-corrected chi connectivity index (χ2v) is 5.67. The molecular formula is C14H18ClN5O2. The summed E-state index contributed by atoms with van der Waals surface area (Å²) in [7, 11) is 0. The quantitative estimate of drug-likeness (QED) is 0.900. The van der Waals surface area contributed by atoms with Crippen LogP contribution >= 0.6 is 11.6 Å². The van der Waals surface area contributed by atoms with Crippen molar-refractivity contribution in [2.45, 2.75) is 25.9 Å². The van der Waals surface area contributed by atoms with Gasteiger partial charge in [0.1, 0.15) is 17.6 Å². The van der Waals surface area contributed by atoms with Crippen LogP contribution in [0.15, 0.2) is 12.3 Å². The smallest absolute Gasteiger partial charge is 0.270 e. The fourth-order valence-electron chi connectivity index (χ4n) is 2.45. The van der Waals surface area contributed by atoms with Crippen molar-refractivity contribution in [3.8, 4) is 0 Å². The number of hydrogen-bond donors (Lipinski definition) is 2. The number of nitrogens with zero attached hydrogens (tertiary/aromatic N) is 3. The first-order chi connectivity index (χ1) is 10.7. The zero-order valence-corrected chi connectivity index (χ0v) is 13.1. The van der Waals surface area contributed by atoms with Gasteiger partial charge in [-0.15, -0.1) is 0 Å². The number of aromatic amines is 2. The number of H-pyrrole nitrogens is 2. The van der Waals surface area contributed by atoms with E-state index in [-0.39, 0.29) is 12.0 Å². The topological polar surface area (TPSA) is 86.9 Å². The Bertz CT molecular complexity index is 653. The molecule has 0 bridgehead atoms. The van der Waals surface area contributed by atoms with Gasteiger partial charge in [0.2, 0.25) is 0 Å². The Labute approximate surface area is 133 Å². The largest absolute Gasteiger partial charge is 0.366 e. The van der Waals surface area contributed by atoms with Crippen LogP contribution in [0, 0.1) is 0 Å². The Balaban J connectivity index is 1.69. The second kappa shape index (κ2) is 6.50. The minimum atomic E-state index is -0.301. The fraction of sp³-hybridized carbons (Fsp3) is 0.500. The van der Waals surface area contributed by atoms with Gasteiger partial charge in [-0.2, -0.15) is 5.10 Å². The third-order valence-corrected chi connectivity index (χ3v) is 3.77. The number of aryl methyl sites for hydroxylation is 1. The summed E-state index contributed by atoms with van der Waals surface area (Å²) in [5.74, 6) is 1.36. The number of ether oxygens (including phenoxy) is 1. The molecule has 2 N–H and O–H groups in total. The van der Waals surface area contributed by atoms with E-state index in [0.717, 1.165) is 18.7 Å². The standard InChI is InChI=1S/C14H18ClN5O2/c1-2-3-12-17-13(19-18-12)11-8-20(4-5-22-11)14(21)10-6-9(15)7-16-10/h6-7,11,16H,2-5,8H2,1H3,(H,17,18,19). The van der Waals surface area contributed by atoms with Gasteiger partial charge in [-0.1, -0.05) is 18.5 Å². The van der Waals surface area contributed by atoms with Crippen LogP contribution in [0.1, 0.15) is 41.6 Å². The van der Waals surface area contributed by atoms with Gasteiger partial charge in [0.15, 0.2) is 5.82 Å². The van der Waals surface area contributed by atoms with Gasteiger partial charge in [0.25, 0.3) is 5.91 Å². The zero-order chi connectivity index (χ0) is 15.5. The van der Waals surface area contributed by atoms with E-state index in [4.69, 9.17) is 16.3 Å². The number of aromatic nitrogens is 4. The fourth-order valence-corrected chi connectivity index (χ4v) is 2.62. The van der Waals surface area contributed by atoms with E-state index >= 15 is 0 Å². The van der Waals surface area contributed by atoms with E-state index < -0.39 is 0 Å². The molecule has 3 rings (SSSR count). The summed E-state index contributed by atoms with van der Waals surface area (Å²) in [5, 5.41) is 7.64. The third-order valence-electron chi connectivity index (χ3n) is 3.56. The van der Waals surface area contributed by atoms with Gasteiger partial charge in [-0.25, -0.2) is 4.98 Å². The lowest BCUT2D eigenvalue weighted by molar-refractivity contribution is -0.0268. The molecule has 1 aliphatic rings. The van der Waals surface area contributed by atoms with Gasteiger partial charge in [-0.05, 0) is 12.5 Å². The van der Waals surface area contributed by atoms with E-state index in [1.54, 1.807) is 17.2 Å². The molecule has 22 heavy (non-hydrogen) atoms. The van der Waals surface area contributed by atoms with E-state index in [9.17, 15) is 4.79 Å². The van der Waals surface area contributed by atoms with Gasteiger partial charge in [0, 0.05) is 19.2 Å². The SMILES string of the molecule is CCCc1nc(C2CN(C(=O)c3cc(Cl)c[nH]3)CCO2)n[nH]1. The lowest BCUT2D eigenvalue weighted by Gasteiger charge is -2.31. The van der Waals surface area contributed by atoms with Gasteiger partial charge < -0.3 is 14.6 Å². The summed E-state index contributed by atoms with van der Waals surface area (Å²) in [6.07, 6.45) is 3.14. The lowest BCUT2D eigenvalue weighted by Crippen LogP contribution is -2.42. The number of halogens is 1. The highest BCUT2D eigenvalue weighted by molar-refractivity contribution is 6.30. The maximum atomic E-state index is 12.4. The highest BCUT2D eigenvalue weighted by Gasteiger charge is 2.29. The molecule has 1 saturated heterocycles. The molecule has 1 amide bonds. The number of morpholine rings is 1. The van der Waals surface area contributed by atoms with Crippen LogP contribution in [0.5, 0.6) is 0 Å². The molecule has 1 fully saturated rings. The van der Waals surface area contributed by atoms with Gasteiger partial charge in [0.05, 0.1) is 18.2 Å². The van der Waals surface area contributed by atoms with Crippen molar-refractivity contribution < 1.29 is 9.53 Å². The van der Waals surface area contributed by atoms with Crippen LogP contribution in [0.3, 0.4) is 0 Å². The lowest BCUT2D eigenvalue weighted by atomic mass is 10.2. The molecule has 2 aromatic rings. The Morgan fingerprint density at radius 3 is 3.18 bits per heavy atom. The van der Waals surface area contributed by atoms with Crippen molar-refractivity contribution in [2.24, 2.45) is 0 Å². The Morgan fingerprint density at radius 1 is 1.59 bits per heavy atom. The summed E-state index contributed by atoms with van der Waals surface area (Å²) in [6.45, 7) is 3.51. The predicted octanol–water partition coefficient (Wildman–Crippen LogP) is 1.95. The first-order valence-corrected chi connectivity index (χ1v) is 7.71. The first kappa shape index (κ1) is 15.1. The minimum Gasteiger partial charge on any atom is -0.366 e.